The number of H-pyrrole nitrogens is 1. The molecule has 0 aliphatic heterocycles. The molecular weight excluding hydrogens is 381 g/mol. The van der Waals surface area contributed by atoms with Crippen molar-refractivity contribution in [2.75, 3.05) is 5.32 Å². The number of aromatic amines is 1. The predicted octanol–water partition coefficient (Wildman–Crippen LogP) is 4.62. The van der Waals surface area contributed by atoms with Crippen molar-refractivity contribution in [1.82, 2.24) is 29.8 Å². The lowest BCUT2D eigenvalue weighted by molar-refractivity contribution is 0.524. The Kier molecular flexibility index (Phi) is 4.39. The molecule has 8 heteroatoms. The largest absolute Gasteiger partial charge is 0.358 e. The molecule has 7 nitrogen and oxygen atoms in total. The lowest BCUT2D eigenvalue weighted by Crippen LogP contribution is -2.19. The zero-order valence-corrected chi connectivity index (χ0v) is 16.5. The van der Waals surface area contributed by atoms with Gasteiger partial charge in [0, 0.05) is 0 Å². The van der Waals surface area contributed by atoms with Crippen molar-refractivity contribution in [1.29, 1.82) is 0 Å². The highest BCUT2D eigenvalue weighted by Crippen LogP contribution is 2.27. The van der Waals surface area contributed by atoms with Gasteiger partial charge in [0.25, 0.3) is 0 Å². The average Bonchev–Trinajstić information content (AvgIpc) is 3.36. The van der Waals surface area contributed by atoms with Gasteiger partial charge in [0.05, 0.1) is 22.6 Å². The molecule has 5 rings (SSSR count). The fourth-order valence-electron chi connectivity index (χ4n) is 3.51. The van der Waals surface area contributed by atoms with E-state index < -0.39 is 0 Å². The van der Waals surface area contributed by atoms with E-state index in [1.807, 2.05) is 36.4 Å². The lowest BCUT2D eigenvalue weighted by atomic mass is 10.0. The summed E-state index contributed by atoms with van der Waals surface area (Å²) in [6.45, 7) is 4.24. The Balaban J connectivity index is 1.53. The number of imidazole rings is 1. The van der Waals surface area contributed by atoms with Gasteiger partial charge in [-0.15, -0.1) is 15.3 Å². The van der Waals surface area contributed by atoms with Crippen LogP contribution < -0.4 is 5.32 Å². The van der Waals surface area contributed by atoms with Gasteiger partial charge < -0.3 is 10.3 Å². The number of halogens is 1. The molecule has 0 radical (unpaired) electrons. The molecule has 0 spiro atoms. The summed E-state index contributed by atoms with van der Waals surface area (Å²) in [4.78, 5) is 8.12. The average molecular weight is 401 g/mol. The quantitative estimate of drug-likeness (QED) is 0.449. The van der Waals surface area contributed by atoms with Crippen LogP contribution in [0.15, 0.2) is 60.7 Å². The van der Waals surface area contributed by atoms with E-state index in [-0.39, 0.29) is 17.8 Å². The summed E-state index contributed by atoms with van der Waals surface area (Å²) in [5.41, 5.74) is 2.81. The minimum Gasteiger partial charge on any atom is -0.358 e. The van der Waals surface area contributed by atoms with Crippen LogP contribution in [-0.2, 0) is 0 Å². The summed E-state index contributed by atoms with van der Waals surface area (Å²) >= 11 is 0. The molecular formula is C22H20FN7. The molecule has 30 heavy (non-hydrogen) atoms. The molecule has 0 aliphatic rings. The second kappa shape index (κ2) is 7.22. The molecule has 150 valence electrons. The molecule has 1 atom stereocenters. The van der Waals surface area contributed by atoms with E-state index in [4.69, 9.17) is 4.98 Å². The third kappa shape index (κ3) is 3.16. The number of aromatic nitrogens is 6. The van der Waals surface area contributed by atoms with E-state index >= 15 is 0 Å². The Morgan fingerprint density at radius 2 is 1.77 bits per heavy atom. The number of anilines is 1. The van der Waals surface area contributed by atoms with E-state index in [0.717, 1.165) is 16.9 Å². The van der Waals surface area contributed by atoms with Crippen LogP contribution in [0, 0.1) is 11.7 Å². The first kappa shape index (κ1) is 18.2. The summed E-state index contributed by atoms with van der Waals surface area (Å²) in [7, 11) is 0. The predicted molar refractivity (Wildman–Crippen MR) is 113 cm³/mol. The number of rotatable bonds is 5. The van der Waals surface area contributed by atoms with Crippen molar-refractivity contribution in [3.05, 3.63) is 72.3 Å². The SMILES string of the molecule is CC(C)[C@@H](Nc1ccc2nnc(-c3ccccc3F)n2n1)c1nc2ccccc2[nH]1. The molecule has 2 aromatic carbocycles. The molecule has 0 aliphatic carbocycles. The first-order valence-electron chi connectivity index (χ1n) is 9.78. The van der Waals surface area contributed by atoms with Gasteiger partial charge >= 0.3 is 0 Å². The number of para-hydroxylation sites is 2. The van der Waals surface area contributed by atoms with Crippen LogP contribution in [0.3, 0.4) is 0 Å². The van der Waals surface area contributed by atoms with Gasteiger partial charge in [0.15, 0.2) is 11.5 Å². The molecule has 0 unspecified atom stereocenters. The number of hydrogen-bond donors (Lipinski definition) is 2. The topological polar surface area (TPSA) is 83.8 Å². The van der Waals surface area contributed by atoms with Gasteiger partial charge in [-0.05, 0) is 42.3 Å². The molecule has 0 bridgehead atoms. The van der Waals surface area contributed by atoms with E-state index in [2.05, 4.69) is 39.4 Å². The second-order valence-electron chi connectivity index (χ2n) is 7.50. The summed E-state index contributed by atoms with van der Waals surface area (Å²) in [6.07, 6.45) is 0. The molecule has 0 saturated heterocycles. The van der Waals surface area contributed by atoms with E-state index in [1.54, 1.807) is 22.7 Å². The lowest BCUT2D eigenvalue weighted by Gasteiger charge is -2.20. The highest BCUT2D eigenvalue weighted by molar-refractivity contribution is 5.75. The second-order valence-corrected chi connectivity index (χ2v) is 7.50. The molecule has 3 aromatic heterocycles. The Morgan fingerprint density at radius 3 is 2.57 bits per heavy atom. The molecule has 3 heterocycles. The van der Waals surface area contributed by atoms with Crippen LogP contribution >= 0.6 is 0 Å². The van der Waals surface area contributed by atoms with Crippen LogP contribution in [0.2, 0.25) is 0 Å². The Hall–Kier alpha value is -3.81. The van der Waals surface area contributed by atoms with E-state index in [9.17, 15) is 4.39 Å². The molecule has 0 amide bonds. The summed E-state index contributed by atoms with van der Waals surface area (Å²) < 4.78 is 15.8. The number of nitrogens with one attached hydrogen (secondary N) is 2. The van der Waals surface area contributed by atoms with E-state index in [0.29, 0.717) is 22.9 Å². The minimum atomic E-state index is -0.366. The maximum atomic E-state index is 14.3. The maximum absolute atomic E-state index is 14.3. The zero-order valence-electron chi connectivity index (χ0n) is 16.5. The first-order valence-corrected chi connectivity index (χ1v) is 9.78. The molecule has 2 N–H and O–H groups in total. The third-order valence-corrected chi connectivity index (χ3v) is 5.05. The smallest absolute Gasteiger partial charge is 0.188 e. The van der Waals surface area contributed by atoms with Crippen molar-refractivity contribution >= 4 is 22.5 Å². The number of benzene rings is 2. The third-order valence-electron chi connectivity index (χ3n) is 5.05. The Bertz CT molecular complexity index is 1300. The summed E-state index contributed by atoms with van der Waals surface area (Å²) in [5.74, 6) is 1.70. The van der Waals surface area contributed by atoms with E-state index in [1.165, 1.54) is 6.07 Å². The van der Waals surface area contributed by atoms with Gasteiger partial charge in [-0.2, -0.15) is 4.52 Å². The van der Waals surface area contributed by atoms with Gasteiger partial charge in [-0.3, -0.25) is 0 Å². The van der Waals surface area contributed by atoms with Gasteiger partial charge in [-0.25, -0.2) is 9.37 Å². The van der Waals surface area contributed by atoms with Crippen LogP contribution in [0.4, 0.5) is 10.2 Å². The summed E-state index contributed by atoms with van der Waals surface area (Å²) in [6, 6.07) is 18.0. The van der Waals surface area contributed by atoms with Crippen LogP contribution in [-0.4, -0.2) is 29.8 Å². The molecule has 0 fully saturated rings. The highest BCUT2D eigenvalue weighted by Gasteiger charge is 2.21. The van der Waals surface area contributed by atoms with Crippen LogP contribution in [0.25, 0.3) is 28.1 Å². The van der Waals surface area contributed by atoms with Crippen LogP contribution in [0.5, 0.6) is 0 Å². The van der Waals surface area contributed by atoms with Crippen molar-refractivity contribution in [3.63, 3.8) is 0 Å². The Morgan fingerprint density at radius 1 is 0.967 bits per heavy atom. The fourth-order valence-corrected chi connectivity index (χ4v) is 3.51. The minimum absolute atomic E-state index is 0.0873. The van der Waals surface area contributed by atoms with Crippen molar-refractivity contribution < 1.29 is 4.39 Å². The number of fused-ring (bicyclic) bond motifs is 2. The maximum Gasteiger partial charge on any atom is 0.188 e. The zero-order chi connectivity index (χ0) is 20.7. The molecule has 0 saturated carbocycles. The summed E-state index contributed by atoms with van der Waals surface area (Å²) in [5, 5.41) is 16.3. The normalized spacial score (nSPS) is 12.7. The van der Waals surface area contributed by atoms with Gasteiger partial charge in [0.2, 0.25) is 0 Å². The van der Waals surface area contributed by atoms with Crippen molar-refractivity contribution in [2.24, 2.45) is 5.92 Å². The van der Waals surface area contributed by atoms with Gasteiger partial charge in [0.1, 0.15) is 17.5 Å². The number of hydrogen-bond acceptors (Lipinski definition) is 5. The fraction of sp³-hybridized carbons (Fsp3) is 0.182. The molecule has 5 aromatic rings. The van der Waals surface area contributed by atoms with Crippen LogP contribution in [0.1, 0.15) is 25.7 Å². The number of nitrogens with zero attached hydrogens (tertiary/aromatic N) is 5. The standard InChI is InChI=1S/C22H20FN7/c1-13(2)20(21-24-16-9-5-6-10-17(16)25-21)26-18-11-12-19-27-28-22(30(19)29-18)14-7-3-4-8-15(14)23/h3-13,20H,1-2H3,(H,24,25)(H,26,29)/t20-/m1/s1. The van der Waals surface area contributed by atoms with Gasteiger partial charge in [-0.1, -0.05) is 38.1 Å². The highest BCUT2D eigenvalue weighted by atomic mass is 19.1. The van der Waals surface area contributed by atoms with Crippen molar-refractivity contribution in [2.45, 2.75) is 19.9 Å². The van der Waals surface area contributed by atoms with Crippen molar-refractivity contribution in [3.8, 4) is 11.4 Å². The first-order chi connectivity index (χ1) is 14.6. The Labute approximate surface area is 172 Å². The monoisotopic (exact) mass is 401 g/mol.